The molecule has 12 heteroatoms. The van der Waals surface area contributed by atoms with E-state index in [-0.39, 0.29) is 23.7 Å². The molecule has 0 atom stereocenters. The number of piperazine rings is 1. The second-order valence-corrected chi connectivity index (χ2v) is 10.0. The lowest BCUT2D eigenvalue weighted by atomic mass is 9.92. The number of aromatic nitrogens is 1. The number of benzene rings is 1. The molecule has 1 aromatic heterocycles. The van der Waals surface area contributed by atoms with Crippen molar-refractivity contribution in [3.8, 4) is 5.88 Å². The van der Waals surface area contributed by atoms with E-state index in [0.29, 0.717) is 51.1 Å². The second-order valence-electron chi connectivity index (χ2n) is 10.0. The van der Waals surface area contributed by atoms with Crippen LogP contribution in [0.3, 0.4) is 0 Å². The Balaban J connectivity index is 1.27. The molecule has 0 bridgehead atoms. The summed E-state index contributed by atoms with van der Waals surface area (Å²) >= 11 is 0. The van der Waals surface area contributed by atoms with Crippen LogP contribution in [0.1, 0.15) is 57.4 Å². The molecule has 1 aliphatic heterocycles. The number of nitro benzene ring substituents is 1. The summed E-state index contributed by atoms with van der Waals surface area (Å²) in [5, 5.41) is 14.1. The minimum absolute atomic E-state index is 0.0667. The van der Waals surface area contributed by atoms with Crippen molar-refractivity contribution < 1.29 is 27.6 Å². The summed E-state index contributed by atoms with van der Waals surface area (Å²) < 4.78 is 46.0. The van der Waals surface area contributed by atoms with Crippen LogP contribution in [-0.4, -0.2) is 59.0 Å². The van der Waals surface area contributed by atoms with Gasteiger partial charge in [-0.25, -0.2) is 4.98 Å². The summed E-state index contributed by atoms with van der Waals surface area (Å²) in [6.45, 7) is 4.96. The van der Waals surface area contributed by atoms with E-state index in [1.54, 1.807) is 6.20 Å². The van der Waals surface area contributed by atoms with Crippen LogP contribution >= 0.6 is 0 Å². The van der Waals surface area contributed by atoms with Crippen molar-refractivity contribution in [3.05, 3.63) is 52.2 Å². The van der Waals surface area contributed by atoms with Gasteiger partial charge in [0.1, 0.15) is 11.7 Å². The van der Waals surface area contributed by atoms with Gasteiger partial charge in [0.15, 0.2) is 0 Å². The number of hydrogen-bond acceptors (Lipinski definition) is 7. The molecule has 0 radical (unpaired) electrons. The number of ether oxygens (including phenoxy) is 1. The first-order valence-electron chi connectivity index (χ1n) is 13.4. The zero-order valence-electron chi connectivity index (χ0n) is 22.0. The number of pyridine rings is 1. The molecule has 2 fully saturated rings. The number of nitrogens with one attached hydrogen (secondary N) is 1. The topological polar surface area (TPSA) is 101 Å². The average Bonchev–Trinajstić information content (AvgIpc) is 2.92. The third kappa shape index (κ3) is 7.51. The summed E-state index contributed by atoms with van der Waals surface area (Å²) in [4.78, 5) is 30.8. The van der Waals surface area contributed by atoms with Crippen LogP contribution in [0.4, 0.5) is 30.2 Å². The molecule has 1 saturated carbocycles. The van der Waals surface area contributed by atoms with Crippen molar-refractivity contribution in [1.29, 1.82) is 0 Å². The van der Waals surface area contributed by atoms with Crippen molar-refractivity contribution in [1.82, 2.24) is 9.88 Å². The predicted octanol–water partition coefficient (Wildman–Crippen LogP) is 5.65. The van der Waals surface area contributed by atoms with Gasteiger partial charge in [0.2, 0.25) is 11.8 Å². The molecule has 0 unspecified atom stereocenters. The normalized spacial score (nSPS) is 20.0. The Kier molecular flexibility index (Phi) is 9.13. The van der Waals surface area contributed by atoms with Crippen LogP contribution < -0.4 is 15.0 Å². The lowest BCUT2D eigenvalue weighted by Gasteiger charge is -2.36. The number of amides is 1. The van der Waals surface area contributed by atoms with Gasteiger partial charge < -0.3 is 19.9 Å². The van der Waals surface area contributed by atoms with Crippen LogP contribution in [0.15, 0.2) is 36.5 Å². The molecule has 1 aliphatic carbocycles. The summed E-state index contributed by atoms with van der Waals surface area (Å²) in [6.07, 6.45) is 2.10. The molecule has 2 heterocycles. The standard InChI is InChI=1S/C27H34F3N5O4/c1-2-3-4-26(36)34-15-13-33(14-16-34)21-11-12-31-25(18-21)39-22-8-5-19(6-9-22)32-20-7-10-24(35(37)38)23(17-20)27(28,29)30/h7,10-12,17-19,22,32H,2-6,8-9,13-16H2,1H3/t19-,22-. The smallest absolute Gasteiger partial charge is 0.423 e. The number of rotatable bonds is 9. The third-order valence-corrected chi connectivity index (χ3v) is 7.29. The SMILES string of the molecule is CCCCC(=O)N1CCN(c2ccnc(O[C@H]3CC[C@H](Nc4ccc([N+](=O)[O-])c(C(F)(F)F)c4)CC3)c2)CC1. The number of halogens is 3. The second kappa shape index (κ2) is 12.5. The summed E-state index contributed by atoms with van der Waals surface area (Å²) in [5.74, 6) is 0.741. The van der Waals surface area contributed by atoms with Gasteiger partial charge in [0.05, 0.1) is 4.92 Å². The molecule has 39 heavy (non-hydrogen) atoms. The zero-order chi connectivity index (χ0) is 28.0. The van der Waals surface area contributed by atoms with Crippen LogP contribution in [0.2, 0.25) is 0 Å². The van der Waals surface area contributed by atoms with Crippen LogP contribution in [0.5, 0.6) is 5.88 Å². The Morgan fingerprint density at radius 3 is 2.49 bits per heavy atom. The molecule has 4 rings (SSSR count). The van der Waals surface area contributed by atoms with Gasteiger partial charge in [0, 0.05) is 68.3 Å². The van der Waals surface area contributed by atoms with Crippen molar-refractivity contribution in [2.45, 2.75) is 70.2 Å². The summed E-state index contributed by atoms with van der Waals surface area (Å²) in [5.41, 5.74) is -1.01. The quantitative estimate of drug-likeness (QED) is 0.319. The highest BCUT2D eigenvalue weighted by atomic mass is 19.4. The predicted molar refractivity (Wildman–Crippen MR) is 141 cm³/mol. The molecule has 212 valence electrons. The van der Waals surface area contributed by atoms with E-state index in [9.17, 15) is 28.1 Å². The van der Waals surface area contributed by atoms with Gasteiger partial charge in [-0.1, -0.05) is 13.3 Å². The Hall–Kier alpha value is -3.57. The molecule has 1 amide bonds. The first-order valence-corrected chi connectivity index (χ1v) is 13.4. The largest absolute Gasteiger partial charge is 0.474 e. The third-order valence-electron chi connectivity index (χ3n) is 7.29. The maximum absolute atomic E-state index is 13.3. The fourth-order valence-electron chi connectivity index (χ4n) is 5.10. The first-order chi connectivity index (χ1) is 18.6. The molecule has 2 aliphatic rings. The number of nitrogens with zero attached hydrogens (tertiary/aromatic N) is 4. The molecule has 2 aromatic rings. The lowest BCUT2D eigenvalue weighted by Crippen LogP contribution is -2.48. The van der Waals surface area contributed by atoms with E-state index in [0.717, 1.165) is 43.8 Å². The molecule has 0 spiro atoms. The number of nitro groups is 1. The molecule has 1 aromatic carbocycles. The fraction of sp³-hybridized carbons (Fsp3) is 0.556. The molecule has 1 N–H and O–H groups in total. The zero-order valence-corrected chi connectivity index (χ0v) is 22.0. The number of carbonyl (C=O) groups is 1. The van der Waals surface area contributed by atoms with Gasteiger partial charge in [-0.2, -0.15) is 13.2 Å². The van der Waals surface area contributed by atoms with Gasteiger partial charge in [-0.3, -0.25) is 14.9 Å². The molecular weight excluding hydrogens is 515 g/mol. The maximum atomic E-state index is 13.3. The number of carbonyl (C=O) groups excluding carboxylic acids is 1. The summed E-state index contributed by atoms with van der Waals surface area (Å²) in [6, 6.07) is 6.78. The minimum atomic E-state index is -4.81. The van der Waals surface area contributed by atoms with E-state index < -0.39 is 22.4 Å². The van der Waals surface area contributed by atoms with E-state index in [1.165, 1.54) is 6.07 Å². The lowest BCUT2D eigenvalue weighted by molar-refractivity contribution is -0.388. The minimum Gasteiger partial charge on any atom is -0.474 e. The first kappa shape index (κ1) is 28.4. The molecule has 1 saturated heterocycles. The van der Waals surface area contributed by atoms with Crippen molar-refractivity contribution in [2.75, 3.05) is 36.4 Å². The fourth-order valence-corrected chi connectivity index (χ4v) is 5.10. The number of unbranched alkanes of at least 4 members (excludes halogenated alkanes) is 1. The Morgan fingerprint density at radius 1 is 1.13 bits per heavy atom. The Bertz CT molecular complexity index is 1150. The van der Waals surface area contributed by atoms with E-state index in [1.807, 2.05) is 17.0 Å². The Labute approximate surface area is 225 Å². The van der Waals surface area contributed by atoms with Gasteiger partial charge in [-0.15, -0.1) is 0 Å². The highest BCUT2D eigenvalue weighted by Gasteiger charge is 2.38. The van der Waals surface area contributed by atoms with Gasteiger partial charge >= 0.3 is 6.18 Å². The molecular formula is C27H34F3N5O4. The van der Waals surface area contributed by atoms with Crippen LogP contribution in [-0.2, 0) is 11.0 Å². The van der Waals surface area contributed by atoms with Gasteiger partial charge in [0.25, 0.3) is 5.69 Å². The van der Waals surface area contributed by atoms with Crippen molar-refractivity contribution >= 4 is 23.0 Å². The maximum Gasteiger partial charge on any atom is 0.423 e. The number of anilines is 2. The average molecular weight is 550 g/mol. The number of hydrogen-bond donors (Lipinski definition) is 1. The number of alkyl halides is 3. The highest BCUT2D eigenvalue weighted by molar-refractivity contribution is 5.76. The Morgan fingerprint density at radius 2 is 1.85 bits per heavy atom. The van der Waals surface area contributed by atoms with Gasteiger partial charge in [-0.05, 0) is 50.3 Å². The van der Waals surface area contributed by atoms with Crippen LogP contribution in [0, 0.1) is 10.1 Å². The van der Waals surface area contributed by atoms with E-state index in [2.05, 4.69) is 22.1 Å². The van der Waals surface area contributed by atoms with Crippen molar-refractivity contribution in [3.63, 3.8) is 0 Å². The van der Waals surface area contributed by atoms with E-state index >= 15 is 0 Å². The molecule has 9 nitrogen and oxygen atoms in total. The summed E-state index contributed by atoms with van der Waals surface area (Å²) in [7, 11) is 0. The van der Waals surface area contributed by atoms with E-state index in [4.69, 9.17) is 4.74 Å². The van der Waals surface area contributed by atoms with Crippen LogP contribution in [0.25, 0.3) is 0 Å². The highest BCUT2D eigenvalue weighted by Crippen LogP contribution is 2.38. The van der Waals surface area contributed by atoms with Crippen molar-refractivity contribution in [2.24, 2.45) is 0 Å². The monoisotopic (exact) mass is 549 g/mol.